The number of nitrogens with zero attached hydrogens (tertiary/aromatic N) is 1. The molecule has 29 heavy (non-hydrogen) atoms. The molecule has 1 aliphatic heterocycles. The van der Waals surface area contributed by atoms with Crippen molar-refractivity contribution in [1.82, 2.24) is 10.2 Å². The van der Waals surface area contributed by atoms with Gasteiger partial charge in [0.1, 0.15) is 12.4 Å². The minimum atomic E-state index is -0.0758. The van der Waals surface area contributed by atoms with E-state index in [-0.39, 0.29) is 11.9 Å². The summed E-state index contributed by atoms with van der Waals surface area (Å²) >= 11 is 5.96. The normalized spacial score (nSPS) is 15.2. The van der Waals surface area contributed by atoms with Gasteiger partial charge in [0.05, 0.1) is 12.2 Å². The number of nitrogens with one attached hydrogen (secondary N) is 1. The molecule has 2 aromatic rings. The molecular formula is C23H29ClN2O3. The fraction of sp³-hybridized carbons (Fsp3) is 0.435. The lowest BCUT2D eigenvalue weighted by Gasteiger charge is -2.32. The average molecular weight is 417 g/mol. The Balaban J connectivity index is 1.47. The van der Waals surface area contributed by atoms with Crippen molar-refractivity contribution in [2.24, 2.45) is 0 Å². The lowest BCUT2D eigenvalue weighted by Crippen LogP contribution is -2.44. The van der Waals surface area contributed by atoms with Crippen LogP contribution >= 0.6 is 11.6 Å². The van der Waals surface area contributed by atoms with E-state index in [9.17, 15) is 4.79 Å². The molecule has 6 heteroatoms. The molecule has 156 valence electrons. The van der Waals surface area contributed by atoms with Gasteiger partial charge in [-0.2, -0.15) is 0 Å². The van der Waals surface area contributed by atoms with Crippen molar-refractivity contribution in [1.29, 1.82) is 0 Å². The van der Waals surface area contributed by atoms with Crippen molar-refractivity contribution < 1.29 is 14.3 Å². The molecule has 3 rings (SSSR count). The van der Waals surface area contributed by atoms with Crippen molar-refractivity contribution >= 4 is 17.5 Å². The molecular weight excluding hydrogens is 388 g/mol. The zero-order valence-corrected chi connectivity index (χ0v) is 17.7. The van der Waals surface area contributed by atoms with Crippen LogP contribution in [0.1, 0.15) is 35.7 Å². The third-order valence-electron chi connectivity index (χ3n) is 5.06. The average Bonchev–Trinajstić information content (AvgIpc) is 2.74. The van der Waals surface area contributed by atoms with Crippen LogP contribution in [0.4, 0.5) is 0 Å². The van der Waals surface area contributed by atoms with Crippen molar-refractivity contribution in [3.63, 3.8) is 0 Å². The molecule has 1 amide bonds. The lowest BCUT2D eigenvalue weighted by atomic mass is 10.0. The van der Waals surface area contributed by atoms with E-state index in [1.165, 1.54) is 5.56 Å². The molecule has 0 spiro atoms. The van der Waals surface area contributed by atoms with Gasteiger partial charge >= 0.3 is 0 Å². The summed E-state index contributed by atoms with van der Waals surface area (Å²) in [7, 11) is 0. The minimum absolute atomic E-state index is 0.0758. The molecule has 0 radical (unpaired) electrons. The Bertz CT molecular complexity index is 774. The van der Waals surface area contributed by atoms with Crippen molar-refractivity contribution in [2.75, 3.05) is 32.9 Å². The van der Waals surface area contributed by atoms with Gasteiger partial charge in [0.2, 0.25) is 0 Å². The molecule has 1 N–H and O–H groups in total. The Labute approximate surface area is 177 Å². The Morgan fingerprint density at radius 3 is 2.55 bits per heavy atom. The fourth-order valence-electron chi connectivity index (χ4n) is 3.48. The molecule has 0 atom stereocenters. The fourth-order valence-corrected chi connectivity index (χ4v) is 3.61. The van der Waals surface area contributed by atoms with E-state index in [0.29, 0.717) is 31.1 Å². The maximum atomic E-state index is 12.8. The van der Waals surface area contributed by atoms with Gasteiger partial charge in [-0.3, -0.25) is 9.69 Å². The molecule has 0 unspecified atom stereocenters. The molecule has 1 saturated heterocycles. The quantitative estimate of drug-likeness (QED) is 0.624. The molecule has 0 aliphatic carbocycles. The van der Waals surface area contributed by atoms with Crippen molar-refractivity contribution in [2.45, 2.75) is 32.4 Å². The first-order valence-electron chi connectivity index (χ1n) is 10.2. The Kier molecular flexibility index (Phi) is 8.35. The van der Waals surface area contributed by atoms with E-state index in [1.807, 2.05) is 37.3 Å². The number of hydrogen-bond donors (Lipinski definition) is 1. The summed E-state index contributed by atoms with van der Waals surface area (Å²) in [4.78, 5) is 15.2. The van der Waals surface area contributed by atoms with Gasteiger partial charge < -0.3 is 14.8 Å². The van der Waals surface area contributed by atoms with Crippen LogP contribution in [-0.2, 0) is 11.3 Å². The maximum absolute atomic E-state index is 12.8. The molecule has 1 aliphatic rings. The first-order chi connectivity index (χ1) is 14.2. The smallest absolute Gasteiger partial charge is 0.255 e. The van der Waals surface area contributed by atoms with Crippen LogP contribution in [0.2, 0.25) is 5.02 Å². The number of halogens is 1. The summed E-state index contributed by atoms with van der Waals surface area (Å²) < 4.78 is 11.0. The van der Waals surface area contributed by atoms with Crippen LogP contribution in [0, 0.1) is 0 Å². The molecule has 0 saturated carbocycles. The van der Waals surface area contributed by atoms with Crippen LogP contribution < -0.4 is 10.1 Å². The number of rotatable bonds is 9. The van der Waals surface area contributed by atoms with Crippen molar-refractivity contribution in [3.8, 4) is 5.75 Å². The summed E-state index contributed by atoms with van der Waals surface area (Å²) in [5.41, 5.74) is 1.84. The van der Waals surface area contributed by atoms with Crippen LogP contribution in [0.3, 0.4) is 0 Å². The first-order valence-corrected chi connectivity index (χ1v) is 10.6. The van der Waals surface area contributed by atoms with Crippen molar-refractivity contribution in [3.05, 3.63) is 64.7 Å². The van der Waals surface area contributed by atoms with E-state index < -0.39 is 0 Å². The number of piperidine rings is 1. The summed E-state index contributed by atoms with van der Waals surface area (Å²) in [6.45, 7) is 6.37. The van der Waals surface area contributed by atoms with Crippen LogP contribution in [0.5, 0.6) is 5.75 Å². The summed E-state index contributed by atoms with van der Waals surface area (Å²) in [6.07, 6.45) is 1.87. The summed E-state index contributed by atoms with van der Waals surface area (Å²) in [5.74, 6) is 0.526. The second-order valence-electron chi connectivity index (χ2n) is 7.19. The van der Waals surface area contributed by atoms with Gasteiger partial charge in [0.25, 0.3) is 5.91 Å². The highest BCUT2D eigenvalue weighted by molar-refractivity contribution is 6.30. The number of ether oxygens (including phenoxy) is 2. The topological polar surface area (TPSA) is 50.8 Å². The number of carbonyl (C=O) groups excluding carboxylic acids is 1. The highest BCUT2D eigenvalue weighted by Crippen LogP contribution is 2.20. The van der Waals surface area contributed by atoms with Gasteiger partial charge in [-0.15, -0.1) is 0 Å². The van der Waals surface area contributed by atoms with Crippen LogP contribution in [-0.4, -0.2) is 49.8 Å². The molecule has 2 aromatic carbocycles. The molecule has 5 nitrogen and oxygen atoms in total. The van der Waals surface area contributed by atoms with E-state index in [0.717, 1.165) is 37.5 Å². The number of hydrogen-bond acceptors (Lipinski definition) is 4. The maximum Gasteiger partial charge on any atom is 0.255 e. The predicted molar refractivity (Wildman–Crippen MR) is 116 cm³/mol. The van der Waals surface area contributed by atoms with Crippen LogP contribution in [0.15, 0.2) is 48.5 Å². The molecule has 1 heterocycles. The van der Waals surface area contributed by atoms with E-state index in [1.54, 1.807) is 6.07 Å². The predicted octanol–water partition coefficient (Wildman–Crippen LogP) is 4.15. The van der Waals surface area contributed by atoms with Gasteiger partial charge in [0, 0.05) is 37.3 Å². The Morgan fingerprint density at radius 1 is 1.10 bits per heavy atom. The highest BCUT2D eigenvalue weighted by Gasteiger charge is 2.22. The highest BCUT2D eigenvalue weighted by atomic mass is 35.5. The Hall–Kier alpha value is -2.08. The molecule has 0 bridgehead atoms. The van der Waals surface area contributed by atoms with E-state index in [4.69, 9.17) is 21.1 Å². The van der Waals surface area contributed by atoms with E-state index >= 15 is 0 Å². The van der Waals surface area contributed by atoms with E-state index in [2.05, 4.69) is 22.3 Å². The third kappa shape index (κ3) is 6.74. The largest absolute Gasteiger partial charge is 0.490 e. The number of para-hydroxylation sites is 1. The number of likely N-dealkylation sites (tertiary alicyclic amines) is 1. The number of carbonyl (C=O) groups is 1. The third-order valence-corrected chi connectivity index (χ3v) is 5.32. The van der Waals surface area contributed by atoms with Crippen LogP contribution in [0.25, 0.3) is 0 Å². The number of amides is 1. The SMILES string of the molecule is CCOCCOc1ccccc1C(=O)NC1CCN(Cc2ccc(Cl)cc2)CC1. The molecule has 0 aromatic heterocycles. The van der Waals surface area contributed by atoms with Gasteiger partial charge in [-0.25, -0.2) is 0 Å². The Morgan fingerprint density at radius 2 is 1.83 bits per heavy atom. The van der Waals surface area contributed by atoms with Gasteiger partial charge in [0.15, 0.2) is 0 Å². The summed E-state index contributed by atoms with van der Waals surface area (Å²) in [6, 6.07) is 15.5. The zero-order chi connectivity index (χ0) is 20.5. The monoisotopic (exact) mass is 416 g/mol. The molecule has 1 fully saturated rings. The summed E-state index contributed by atoms with van der Waals surface area (Å²) in [5, 5.41) is 3.94. The second-order valence-corrected chi connectivity index (χ2v) is 7.63. The first kappa shape index (κ1) is 21.6. The zero-order valence-electron chi connectivity index (χ0n) is 16.9. The lowest BCUT2D eigenvalue weighted by molar-refractivity contribution is 0.0894. The standard InChI is InChI=1S/C23H29ClN2O3/c1-2-28-15-16-29-22-6-4-3-5-21(22)23(27)25-20-11-13-26(14-12-20)17-18-7-9-19(24)10-8-18/h3-10,20H,2,11-17H2,1H3,(H,25,27). The number of benzene rings is 2. The van der Waals surface area contributed by atoms with Gasteiger partial charge in [-0.05, 0) is 49.6 Å². The second kappa shape index (κ2) is 11.2. The van der Waals surface area contributed by atoms with Gasteiger partial charge in [-0.1, -0.05) is 35.9 Å². The minimum Gasteiger partial charge on any atom is -0.490 e.